The van der Waals surface area contributed by atoms with Gasteiger partial charge in [0.15, 0.2) is 0 Å². The van der Waals surface area contributed by atoms with Crippen LogP contribution in [0.2, 0.25) is 10.0 Å². The fourth-order valence-corrected chi connectivity index (χ4v) is 4.63. The molecule has 0 N–H and O–H groups in total. The lowest BCUT2D eigenvalue weighted by atomic mass is 9.69. The minimum absolute atomic E-state index is 0.455. The van der Waals surface area contributed by atoms with Gasteiger partial charge in [-0.3, -0.25) is 0 Å². The summed E-state index contributed by atoms with van der Waals surface area (Å²) < 4.78 is 0. The molecule has 0 heterocycles. The highest BCUT2D eigenvalue weighted by molar-refractivity contribution is 9.09. The molecule has 1 saturated carbocycles. The van der Waals surface area contributed by atoms with Crippen LogP contribution in [0, 0.1) is 17.3 Å². The summed E-state index contributed by atoms with van der Waals surface area (Å²) in [6.07, 6.45) is 6.41. The van der Waals surface area contributed by atoms with Crippen LogP contribution in [-0.4, -0.2) is 4.83 Å². The molecule has 0 bridgehead atoms. The molecule has 2 rings (SSSR count). The highest BCUT2D eigenvalue weighted by Crippen LogP contribution is 2.42. The van der Waals surface area contributed by atoms with E-state index in [1.54, 1.807) is 0 Å². The molecule has 21 heavy (non-hydrogen) atoms. The SMILES string of the molecule is CC(C)(C)C1CCC(C(Br)Cc2ccc(Cl)c(Cl)c2)CC1. The zero-order valence-electron chi connectivity index (χ0n) is 13.1. The molecule has 0 amide bonds. The summed E-state index contributed by atoms with van der Waals surface area (Å²) in [4.78, 5) is 0.538. The lowest BCUT2D eigenvalue weighted by molar-refractivity contribution is 0.149. The molecule has 1 aliphatic carbocycles. The third kappa shape index (κ3) is 4.88. The summed E-state index contributed by atoms with van der Waals surface area (Å²) in [6, 6.07) is 5.98. The molecule has 0 nitrogen and oxygen atoms in total. The van der Waals surface area contributed by atoms with Crippen molar-refractivity contribution in [1.82, 2.24) is 0 Å². The maximum absolute atomic E-state index is 6.11. The van der Waals surface area contributed by atoms with E-state index in [2.05, 4.69) is 42.8 Å². The molecule has 0 saturated heterocycles. The van der Waals surface area contributed by atoms with Crippen molar-refractivity contribution < 1.29 is 0 Å². The smallest absolute Gasteiger partial charge is 0.0595 e. The number of hydrogen-bond acceptors (Lipinski definition) is 0. The Hall–Kier alpha value is 0.280. The number of rotatable bonds is 3. The quantitative estimate of drug-likeness (QED) is 0.479. The van der Waals surface area contributed by atoms with Crippen LogP contribution in [0.3, 0.4) is 0 Å². The molecule has 3 heteroatoms. The van der Waals surface area contributed by atoms with Crippen molar-refractivity contribution >= 4 is 39.1 Å². The van der Waals surface area contributed by atoms with Crippen molar-refractivity contribution in [1.29, 1.82) is 0 Å². The standard InChI is InChI=1S/C18H25BrCl2/c1-18(2,3)14-7-5-13(6-8-14)15(19)10-12-4-9-16(20)17(21)11-12/h4,9,11,13-15H,5-8,10H2,1-3H3. The Kier molecular flexibility index (Phi) is 6.07. The third-order valence-electron chi connectivity index (χ3n) is 4.92. The second-order valence-electron chi connectivity index (χ2n) is 7.45. The topological polar surface area (TPSA) is 0 Å². The third-order valence-corrected chi connectivity index (χ3v) is 6.73. The lowest BCUT2D eigenvalue weighted by Gasteiger charge is -2.38. The molecule has 1 atom stereocenters. The van der Waals surface area contributed by atoms with Gasteiger partial charge in [0.2, 0.25) is 0 Å². The second kappa shape index (κ2) is 7.23. The van der Waals surface area contributed by atoms with Crippen LogP contribution in [-0.2, 0) is 6.42 Å². The molecule has 1 aromatic carbocycles. The van der Waals surface area contributed by atoms with E-state index in [1.807, 2.05) is 12.1 Å². The van der Waals surface area contributed by atoms with Gasteiger partial charge in [0.05, 0.1) is 10.0 Å². The molecule has 118 valence electrons. The van der Waals surface area contributed by atoms with Gasteiger partial charge in [-0.05, 0) is 67.1 Å². The molecule has 1 aromatic rings. The summed E-state index contributed by atoms with van der Waals surface area (Å²) in [5.74, 6) is 1.65. The Morgan fingerprint density at radius 2 is 1.71 bits per heavy atom. The van der Waals surface area contributed by atoms with Gasteiger partial charge >= 0.3 is 0 Å². The van der Waals surface area contributed by atoms with E-state index >= 15 is 0 Å². The number of alkyl halides is 1. The predicted octanol–water partition coefficient (Wildman–Crippen LogP) is 7.15. The molecular formula is C18H25BrCl2. The number of benzene rings is 1. The number of halogens is 3. The Morgan fingerprint density at radius 3 is 2.24 bits per heavy atom. The van der Waals surface area contributed by atoms with Crippen molar-refractivity contribution in [2.45, 2.75) is 57.7 Å². The highest BCUT2D eigenvalue weighted by atomic mass is 79.9. The second-order valence-corrected chi connectivity index (χ2v) is 9.44. The average molecular weight is 392 g/mol. The van der Waals surface area contributed by atoms with Crippen LogP contribution in [0.25, 0.3) is 0 Å². The first-order chi connectivity index (χ1) is 9.77. The molecule has 1 aliphatic rings. The van der Waals surface area contributed by atoms with Crippen molar-refractivity contribution in [2.24, 2.45) is 17.3 Å². The summed E-state index contributed by atoms with van der Waals surface area (Å²) in [7, 11) is 0. The zero-order valence-corrected chi connectivity index (χ0v) is 16.2. The molecule has 0 aromatic heterocycles. The minimum atomic E-state index is 0.455. The van der Waals surface area contributed by atoms with E-state index in [-0.39, 0.29) is 0 Å². The first-order valence-corrected chi connectivity index (χ1v) is 9.52. The first kappa shape index (κ1) is 17.6. The fourth-order valence-electron chi connectivity index (χ4n) is 3.41. The molecule has 0 radical (unpaired) electrons. The molecule has 0 spiro atoms. The van der Waals surface area contributed by atoms with Crippen molar-refractivity contribution in [3.63, 3.8) is 0 Å². The fraction of sp³-hybridized carbons (Fsp3) is 0.667. The molecule has 1 unspecified atom stereocenters. The monoisotopic (exact) mass is 390 g/mol. The van der Waals surface area contributed by atoms with Gasteiger partial charge in [0.1, 0.15) is 0 Å². The van der Waals surface area contributed by atoms with E-state index in [9.17, 15) is 0 Å². The summed E-state index contributed by atoms with van der Waals surface area (Å²) >= 11 is 16.0. The predicted molar refractivity (Wildman–Crippen MR) is 97.8 cm³/mol. The summed E-state index contributed by atoms with van der Waals surface area (Å²) in [6.45, 7) is 7.12. The van der Waals surface area contributed by atoms with Crippen molar-refractivity contribution in [3.8, 4) is 0 Å². The van der Waals surface area contributed by atoms with Gasteiger partial charge in [0, 0.05) is 4.83 Å². The maximum atomic E-state index is 6.11. The summed E-state index contributed by atoms with van der Waals surface area (Å²) in [5.41, 5.74) is 1.72. The van der Waals surface area contributed by atoms with Crippen LogP contribution in [0.4, 0.5) is 0 Å². The van der Waals surface area contributed by atoms with E-state index in [1.165, 1.54) is 31.2 Å². The van der Waals surface area contributed by atoms with E-state index in [0.29, 0.717) is 20.3 Å². The minimum Gasteiger partial charge on any atom is -0.0884 e. The summed E-state index contributed by atoms with van der Waals surface area (Å²) in [5, 5.41) is 1.29. The van der Waals surface area contributed by atoms with Gasteiger partial charge in [-0.2, -0.15) is 0 Å². The van der Waals surface area contributed by atoms with Gasteiger partial charge < -0.3 is 0 Å². The largest absolute Gasteiger partial charge is 0.0884 e. The van der Waals surface area contributed by atoms with Crippen molar-refractivity contribution in [3.05, 3.63) is 33.8 Å². The van der Waals surface area contributed by atoms with Crippen LogP contribution in [0.1, 0.15) is 52.0 Å². The molecule has 0 aliphatic heterocycles. The average Bonchev–Trinajstić information content (AvgIpc) is 2.42. The van der Waals surface area contributed by atoms with Gasteiger partial charge in [-0.1, -0.05) is 66.0 Å². The van der Waals surface area contributed by atoms with Crippen molar-refractivity contribution in [2.75, 3.05) is 0 Å². The van der Waals surface area contributed by atoms with Gasteiger partial charge in [-0.25, -0.2) is 0 Å². The Bertz CT molecular complexity index is 471. The van der Waals surface area contributed by atoms with Gasteiger partial charge in [-0.15, -0.1) is 0 Å². The highest BCUT2D eigenvalue weighted by Gasteiger charge is 2.32. The van der Waals surface area contributed by atoms with Crippen LogP contribution >= 0.6 is 39.1 Å². The van der Waals surface area contributed by atoms with E-state index < -0.39 is 0 Å². The van der Waals surface area contributed by atoms with Gasteiger partial charge in [0.25, 0.3) is 0 Å². The Balaban J connectivity index is 1.90. The molecule has 1 fully saturated rings. The van der Waals surface area contributed by atoms with Crippen LogP contribution in [0.5, 0.6) is 0 Å². The first-order valence-electron chi connectivity index (χ1n) is 7.85. The van der Waals surface area contributed by atoms with Crippen LogP contribution < -0.4 is 0 Å². The lowest BCUT2D eigenvalue weighted by Crippen LogP contribution is -2.29. The zero-order chi connectivity index (χ0) is 15.6. The van der Waals surface area contributed by atoms with E-state index in [0.717, 1.165) is 18.3 Å². The normalized spacial score (nSPS) is 24.9. The Labute approximate surface area is 147 Å². The number of hydrogen-bond donors (Lipinski definition) is 0. The molecular weight excluding hydrogens is 367 g/mol. The Morgan fingerprint density at radius 1 is 1.10 bits per heavy atom. The van der Waals surface area contributed by atoms with E-state index in [4.69, 9.17) is 23.2 Å². The maximum Gasteiger partial charge on any atom is 0.0595 e. The van der Waals surface area contributed by atoms with Crippen LogP contribution in [0.15, 0.2) is 18.2 Å².